The van der Waals surface area contributed by atoms with Crippen LogP contribution in [0.3, 0.4) is 0 Å². The summed E-state index contributed by atoms with van der Waals surface area (Å²) in [6.07, 6.45) is 1.77. The smallest absolute Gasteiger partial charge is 0.152 e. The number of nitrogens with zero attached hydrogens (tertiary/aromatic N) is 1. The molecule has 18 heavy (non-hydrogen) atoms. The topological polar surface area (TPSA) is 24.9 Å². The molecule has 0 spiro atoms. The Bertz CT molecular complexity index is 511. The molecule has 0 aliphatic rings. The second kappa shape index (κ2) is 5.87. The van der Waals surface area contributed by atoms with Crippen LogP contribution in [0.2, 0.25) is 5.15 Å². The number of aryl methyl sites for hydroxylation is 1. The van der Waals surface area contributed by atoms with Crippen LogP contribution in [0, 0.1) is 6.92 Å². The van der Waals surface area contributed by atoms with Crippen molar-refractivity contribution in [1.29, 1.82) is 0 Å². The van der Waals surface area contributed by atoms with E-state index in [1.807, 2.05) is 19.1 Å². The van der Waals surface area contributed by atoms with Crippen molar-refractivity contribution in [1.82, 2.24) is 4.98 Å². The van der Waals surface area contributed by atoms with Crippen molar-refractivity contribution >= 4 is 17.3 Å². The summed E-state index contributed by atoms with van der Waals surface area (Å²) >= 11 is 6.05. The highest BCUT2D eigenvalue weighted by atomic mass is 35.5. The van der Waals surface area contributed by atoms with Gasteiger partial charge in [-0.1, -0.05) is 48.9 Å². The molecule has 1 aromatic carbocycles. The Hall–Kier alpha value is -1.54. The molecule has 0 fully saturated rings. The number of hydrogen-bond acceptors (Lipinski definition) is 2. The molecule has 0 saturated carbocycles. The van der Waals surface area contributed by atoms with Crippen LogP contribution in [0.15, 0.2) is 42.6 Å². The van der Waals surface area contributed by atoms with Gasteiger partial charge in [0.2, 0.25) is 0 Å². The van der Waals surface area contributed by atoms with Gasteiger partial charge in [-0.05, 0) is 30.0 Å². The van der Waals surface area contributed by atoms with Gasteiger partial charge in [-0.2, -0.15) is 0 Å². The van der Waals surface area contributed by atoms with Crippen molar-refractivity contribution in [3.05, 3.63) is 58.9 Å². The van der Waals surface area contributed by atoms with Crippen LogP contribution in [0.5, 0.6) is 0 Å². The molecule has 0 amide bonds. The molecule has 0 saturated heterocycles. The summed E-state index contributed by atoms with van der Waals surface area (Å²) in [6, 6.07) is 12.5. The summed E-state index contributed by atoms with van der Waals surface area (Å²) in [4.78, 5) is 4.13. The lowest BCUT2D eigenvalue weighted by atomic mass is 10.0. The molecule has 1 unspecified atom stereocenters. The van der Waals surface area contributed by atoms with Crippen molar-refractivity contribution in [2.45, 2.75) is 19.8 Å². The lowest BCUT2D eigenvalue weighted by Crippen LogP contribution is -2.10. The van der Waals surface area contributed by atoms with Gasteiger partial charge >= 0.3 is 0 Å². The SMILES string of the molecule is Cc1cnc(Cl)c(NCC(C)c2ccccc2)c1. The van der Waals surface area contributed by atoms with Gasteiger partial charge < -0.3 is 5.32 Å². The number of rotatable bonds is 4. The molecule has 3 heteroatoms. The highest BCUT2D eigenvalue weighted by Gasteiger charge is 2.06. The van der Waals surface area contributed by atoms with Crippen LogP contribution in [0.25, 0.3) is 0 Å². The number of nitrogens with one attached hydrogen (secondary N) is 1. The Kier molecular flexibility index (Phi) is 4.21. The van der Waals surface area contributed by atoms with Gasteiger partial charge in [0.15, 0.2) is 5.15 Å². The van der Waals surface area contributed by atoms with Gasteiger partial charge in [0.05, 0.1) is 5.69 Å². The molecule has 0 aliphatic carbocycles. The molecule has 0 bridgehead atoms. The Balaban J connectivity index is 2.01. The van der Waals surface area contributed by atoms with E-state index in [9.17, 15) is 0 Å². The van der Waals surface area contributed by atoms with Gasteiger partial charge in [-0.3, -0.25) is 0 Å². The lowest BCUT2D eigenvalue weighted by molar-refractivity contribution is 0.804. The molecule has 0 radical (unpaired) electrons. The molecule has 1 atom stereocenters. The third-order valence-corrected chi connectivity index (χ3v) is 3.24. The van der Waals surface area contributed by atoms with E-state index in [1.54, 1.807) is 6.20 Å². The first kappa shape index (κ1) is 12.9. The van der Waals surface area contributed by atoms with E-state index in [2.05, 4.69) is 41.5 Å². The summed E-state index contributed by atoms with van der Waals surface area (Å²) in [6.45, 7) is 5.05. The number of aromatic nitrogens is 1. The third-order valence-electron chi connectivity index (χ3n) is 2.94. The zero-order valence-electron chi connectivity index (χ0n) is 10.7. The van der Waals surface area contributed by atoms with Crippen molar-refractivity contribution in [3.63, 3.8) is 0 Å². The third kappa shape index (κ3) is 3.23. The quantitative estimate of drug-likeness (QED) is 0.831. The fraction of sp³-hybridized carbons (Fsp3) is 0.267. The second-order valence-corrected chi connectivity index (χ2v) is 4.90. The van der Waals surface area contributed by atoms with Gasteiger partial charge in [-0.15, -0.1) is 0 Å². The number of halogens is 1. The maximum Gasteiger partial charge on any atom is 0.152 e. The van der Waals surface area contributed by atoms with Crippen molar-refractivity contribution in [3.8, 4) is 0 Å². The maximum atomic E-state index is 6.05. The predicted octanol–water partition coefficient (Wildman–Crippen LogP) is 4.26. The van der Waals surface area contributed by atoms with E-state index < -0.39 is 0 Å². The molecule has 2 aromatic rings. The van der Waals surface area contributed by atoms with Crippen LogP contribution in [0.1, 0.15) is 24.0 Å². The number of anilines is 1. The predicted molar refractivity (Wildman–Crippen MR) is 77.3 cm³/mol. The van der Waals surface area contributed by atoms with E-state index in [4.69, 9.17) is 11.6 Å². The van der Waals surface area contributed by atoms with E-state index in [0.29, 0.717) is 11.1 Å². The highest BCUT2D eigenvalue weighted by molar-refractivity contribution is 6.31. The first-order valence-corrected chi connectivity index (χ1v) is 6.45. The van der Waals surface area contributed by atoms with Crippen molar-refractivity contribution in [2.75, 3.05) is 11.9 Å². The van der Waals surface area contributed by atoms with Crippen LogP contribution in [0.4, 0.5) is 5.69 Å². The van der Waals surface area contributed by atoms with Crippen LogP contribution in [-0.2, 0) is 0 Å². The van der Waals surface area contributed by atoms with E-state index >= 15 is 0 Å². The highest BCUT2D eigenvalue weighted by Crippen LogP contribution is 2.22. The van der Waals surface area contributed by atoms with Crippen LogP contribution in [-0.4, -0.2) is 11.5 Å². The first-order chi connectivity index (χ1) is 8.66. The normalized spacial score (nSPS) is 12.2. The van der Waals surface area contributed by atoms with Crippen LogP contribution < -0.4 is 5.32 Å². The fourth-order valence-corrected chi connectivity index (χ4v) is 2.01. The van der Waals surface area contributed by atoms with Crippen molar-refractivity contribution < 1.29 is 0 Å². The van der Waals surface area contributed by atoms with E-state index in [1.165, 1.54) is 5.56 Å². The largest absolute Gasteiger partial charge is 0.382 e. The number of pyridine rings is 1. The van der Waals surface area contributed by atoms with Gasteiger partial charge in [0.1, 0.15) is 0 Å². The molecular weight excluding hydrogens is 244 g/mol. The standard InChI is InChI=1S/C15H17ClN2/c1-11-8-14(15(16)18-9-11)17-10-12(2)13-6-4-3-5-7-13/h3-9,12,17H,10H2,1-2H3. The Morgan fingerprint density at radius 1 is 1.28 bits per heavy atom. The molecule has 94 valence electrons. The number of benzene rings is 1. The van der Waals surface area contributed by atoms with E-state index in [0.717, 1.165) is 17.8 Å². The minimum Gasteiger partial charge on any atom is -0.382 e. The average Bonchev–Trinajstić information content (AvgIpc) is 2.40. The second-order valence-electron chi connectivity index (χ2n) is 4.54. The molecule has 1 heterocycles. The monoisotopic (exact) mass is 260 g/mol. The van der Waals surface area contributed by atoms with Crippen molar-refractivity contribution in [2.24, 2.45) is 0 Å². The van der Waals surface area contributed by atoms with E-state index in [-0.39, 0.29) is 0 Å². The summed E-state index contributed by atoms with van der Waals surface area (Å²) in [5.74, 6) is 0.433. The summed E-state index contributed by atoms with van der Waals surface area (Å²) < 4.78 is 0. The van der Waals surface area contributed by atoms with Gasteiger partial charge in [-0.25, -0.2) is 4.98 Å². The summed E-state index contributed by atoms with van der Waals surface area (Å²) in [7, 11) is 0. The fourth-order valence-electron chi connectivity index (χ4n) is 1.84. The zero-order chi connectivity index (χ0) is 13.0. The molecular formula is C15H17ClN2. The van der Waals surface area contributed by atoms with Crippen LogP contribution >= 0.6 is 11.6 Å². The number of hydrogen-bond donors (Lipinski definition) is 1. The van der Waals surface area contributed by atoms with Gasteiger partial charge in [0, 0.05) is 12.7 Å². The molecule has 2 rings (SSSR count). The summed E-state index contributed by atoms with van der Waals surface area (Å²) in [5.41, 5.74) is 3.33. The molecule has 1 N–H and O–H groups in total. The Morgan fingerprint density at radius 2 is 2.00 bits per heavy atom. The molecule has 2 nitrogen and oxygen atoms in total. The zero-order valence-corrected chi connectivity index (χ0v) is 11.4. The molecule has 1 aromatic heterocycles. The lowest BCUT2D eigenvalue weighted by Gasteiger charge is -2.14. The summed E-state index contributed by atoms with van der Waals surface area (Å²) in [5, 5.41) is 3.89. The Morgan fingerprint density at radius 3 is 2.72 bits per heavy atom. The minimum atomic E-state index is 0.433. The van der Waals surface area contributed by atoms with Gasteiger partial charge in [0.25, 0.3) is 0 Å². The Labute approximate surface area is 113 Å². The first-order valence-electron chi connectivity index (χ1n) is 6.08. The molecule has 0 aliphatic heterocycles. The average molecular weight is 261 g/mol. The maximum absolute atomic E-state index is 6.05. The minimum absolute atomic E-state index is 0.433.